The van der Waals surface area contributed by atoms with E-state index in [0.717, 1.165) is 5.56 Å². The van der Waals surface area contributed by atoms with Crippen molar-refractivity contribution < 1.29 is 14.3 Å². The lowest BCUT2D eigenvalue weighted by molar-refractivity contribution is -0.145. The number of carbonyl (C=O) groups excluding carboxylic acids is 2. The summed E-state index contributed by atoms with van der Waals surface area (Å²) in [5.41, 5.74) is 1.53. The number of hydrogen-bond donors (Lipinski definition) is 1. The standard InChI is InChI=1S/C12H13NO3/c1-2-16-12(15)10-7-8-5-3-4-6-9(8)11(14)13-10/h3-6,10H,2,7H2,1H3,(H,13,14)/t10-/m0/s1. The monoisotopic (exact) mass is 219 g/mol. The minimum Gasteiger partial charge on any atom is -0.464 e. The Bertz CT molecular complexity index is 428. The molecule has 0 spiro atoms. The second kappa shape index (κ2) is 4.35. The Morgan fingerprint density at radius 2 is 2.25 bits per heavy atom. The number of amides is 1. The topological polar surface area (TPSA) is 55.4 Å². The summed E-state index contributed by atoms with van der Waals surface area (Å²) in [5, 5.41) is 2.64. The zero-order chi connectivity index (χ0) is 11.5. The van der Waals surface area contributed by atoms with Crippen LogP contribution in [0.2, 0.25) is 0 Å². The predicted molar refractivity (Wildman–Crippen MR) is 58.0 cm³/mol. The Kier molecular flexibility index (Phi) is 2.90. The summed E-state index contributed by atoms with van der Waals surface area (Å²) in [6.45, 7) is 2.07. The zero-order valence-corrected chi connectivity index (χ0v) is 9.03. The quantitative estimate of drug-likeness (QED) is 0.752. The summed E-state index contributed by atoms with van der Waals surface area (Å²) in [5.74, 6) is -0.578. The van der Waals surface area contributed by atoms with E-state index in [4.69, 9.17) is 4.74 Å². The molecule has 84 valence electrons. The lowest BCUT2D eigenvalue weighted by Gasteiger charge is -2.23. The van der Waals surface area contributed by atoms with Gasteiger partial charge in [-0.15, -0.1) is 0 Å². The van der Waals surface area contributed by atoms with Crippen molar-refractivity contribution in [2.75, 3.05) is 6.61 Å². The Hall–Kier alpha value is -1.84. The molecule has 2 rings (SSSR count). The van der Waals surface area contributed by atoms with Crippen LogP contribution in [0.3, 0.4) is 0 Å². The maximum absolute atomic E-state index is 11.7. The van der Waals surface area contributed by atoms with E-state index in [0.29, 0.717) is 18.6 Å². The molecule has 0 radical (unpaired) electrons. The van der Waals surface area contributed by atoms with Gasteiger partial charge in [-0.3, -0.25) is 4.79 Å². The van der Waals surface area contributed by atoms with Gasteiger partial charge in [0.15, 0.2) is 0 Å². The average molecular weight is 219 g/mol. The van der Waals surface area contributed by atoms with Crippen molar-refractivity contribution in [2.24, 2.45) is 0 Å². The van der Waals surface area contributed by atoms with Gasteiger partial charge in [-0.25, -0.2) is 4.79 Å². The lowest BCUT2D eigenvalue weighted by atomic mass is 9.95. The van der Waals surface area contributed by atoms with Crippen molar-refractivity contribution in [3.63, 3.8) is 0 Å². The molecule has 0 aliphatic carbocycles. The fourth-order valence-electron chi connectivity index (χ4n) is 1.81. The van der Waals surface area contributed by atoms with Gasteiger partial charge < -0.3 is 10.1 Å². The highest BCUT2D eigenvalue weighted by Crippen LogP contribution is 2.16. The van der Waals surface area contributed by atoms with Crippen molar-refractivity contribution in [1.29, 1.82) is 0 Å². The van der Waals surface area contributed by atoms with E-state index in [1.807, 2.05) is 18.2 Å². The predicted octanol–water partition coefficient (Wildman–Crippen LogP) is 0.904. The van der Waals surface area contributed by atoms with Crippen LogP contribution in [-0.2, 0) is 16.0 Å². The van der Waals surface area contributed by atoms with Crippen LogP contribution in [0.15, 0.2) is 24.3 Å². The van der Waals surface area contributed by atoms with E-state index in [-0.39, 0.29) is 11.9 Å². The van der Waals surface area contributed by atoms with Crippen LogP contribution < -0.4 is 5.32 Å². The highest BCUT2D eigenvalue weighted by atomic mass is 16.5. The normalized spacial score (nSPS) is 18.6. The Morgan fingerprint density at radius 1 is 1.50 bits per heavy atom. The van der Waals surface area contributed by atoms with E-state index in [9.17, 15) is 9.59 Å². The lowest BCUT2D eigenvalue weighted by Crippen LogP contribution is -2.47. The Morgan fingerprint density at radius 3 is 3.00 bits per heavy atom. The second-order valence-electron chi connectivity index (χ2n) is 3.64. The SMILES string of the molecule is CCOC(=O)[C@@H]1Cc2ccccc2C(=O)N1. The first-order valence-corrected chi connectivity index (χ1v) is 5.27. The van der Waals surface area contributed by atoms with Crippen LogP contribution in [0.25, 0.3) is 0 Å². The Labute approximate surface area is 93.6 Å². The van der Waals surface area contributed by atoms with Gasteiger partial charge in [-0.05, 0) is 18.6 Å². The van der Waals surface area contributed by atoms with Gasteiger partial charge in [-0.2, -0.15) is 0 Å². The van der Waals surface area contributed by atoms with Crippen LogP contribution in [-0.4, -0.2) is 24.5 Å². The molecule has 0 bridgehead atoms. The number of rotatable bonds is 2. The summed E-state index contributed by atoms with van der Waals surface area (Å²) >= 11 is 0. The van der Waals surface area contributed by atoms with Gasteiger partial charge in [0.2, 0.25) is 0 Å². The highest BCUT2D eigenvalue weighted by molar-refractivity contribution is 5.99. The van der Waals surface area contributed by atoms with Crippen LogP contribution in [0.1, 0.15) is 22.8 Å². The van der Waals surface area contributed by atoms with Crippen molar-refractivity contribution in [1.82, 2.24) is 5.32 Å². The van der Waals surface area contributed by atoms with Gasteiger partial charge >= 0.3 is 5.97 Å². The Balaban J connectivity index is 2.21. The van der Waals surface area contributed by atoms with Crippen molar-refractivity contribution in [3.05, 3.63) is 35.4 Å². The number of ether oxygens (including phenoxy) is 1. The van der Waals surface area contributed by atoms with Crippen molar-refractivity contribution in [2.45, 2.75) is 19.4 Å². The van der Waals surface area contributed by atoms with Crippen LogP contribution in [0.4, 0.5) is 0 Å². The number of hydrogen-bond acceptors (Lipinski definition) is 3. The molecule has 1 aliphatic heterocycles. The first-order chi connectivity index (χ1) is 7.72. The molecule has 0 aromatic heterocycles. The van der Waals surface area contributed by atoms with E-state index in [1.54, 1.807) is 13.0 Å². The van der Waals surface area contributed by atoms with E-state index in [1.165, 1.54) is 0 Å². The summed E-state index contributed by atoms with van der Waals surface area (Å²) in [6, 6.07) is 6.73. The second-order valence-corrected chi connectivity index (χ2v) is 3.64. The molecular formula is C12H13NO3. The third-order valence-corrected chi connectivity index (χ3v) is 2.56. The fourth-order valence-corrected chi connectivity index (χ4v) is 1.81. The summed E-state index contributed by atoms with van der Waals surface area (Å²) in [6.07, 6.45) is 0.501. The molecule has 4 nitrogen and oxygen atoms in total. The molecule has 1 heterocycles. The minimum atomic E-state index is -0.553. The maximum atomic E-state index is 11.7. The third-order valence-electron chi connectivity index (χ3n) is 2.56. The molecule has 1 N–H and O–H groups in total. The van der Waals surface area contributed by atoms with Crippen LogP contribution >= 0.6 is 0 Å². The number of esters is 1. The van der Waals surface area contributed by atoms with Crippen molar-refractivity contribution in [3.8, 4) is 0 Å². The summed E-state index contributed by atoms with van der Waals surface area (Å²) < 4.78 is 4.89. The molecule has 4 heteroatoms. The van der Waals surface area contributed by atoms with Crippen LogP contribution in [0.5, 0.6) is 0 Å². The molecule has 0 unspecified atom stereocenters. The minimum absolute atomic E-state index is 0.208. The van der Waals surface area contributed by atoms with Gasteiger partial charge in [0.1, 0.15) is 6.04 Å². The van der Waals surface area contributed by atoms with Gasteiger partial charge in [0.05, 0.1) is 6.61 Å². The smallest absolute Gasteiger partial charge is 0.328 e. The molecule has 16 heavy (non-hydrogen) atoms. The molecule has 1 aliphatic rings. The average Bonchev–Trinajstić information content (AvgIpc) is 2.29. The first-order valence-electron chi connectivity index (χ1n) is 5.27. The van der Waals surface area contributed by atoms with E-state index < -0.39 is 6.04 Å². The third kappa shape index (κ3) is 1.91. The van der Waals surface area contributed by atoms with E-state index in [2.05, 4.69) is 5.32 Å². The number of fused-ring (bicyclic) bond motifs is 1. The molecule has 1 aromatic rings. The molecular weight excluding hydrogens is 206 g/mol. The van der Waals surface area contributed by atoms with Gasteiger partial charge in [0, 0.05) is 12.0 Å². The number of carbonyl (C=O) groups is 2. The summed E-state index contributed by atoms with van der Waals surface area (Å²) in [4.78, 5) is 23.2. The number of nitrogens with one attached hydrogen (secondary N) is 1. The van der Waals surface area contributed by atoms with Gasteiger partial charge in [-0.1, -0.05) is 18.2 Å². The molecule has 0 fully saturated rings. The fraction of sp³-hybridized carbons (Fsp3) is 0.333. The van der Waals surface area contributed by atoms with Crippen LogP contribution in [0, 0.1) is 0 Å². The molecule has 1 amide bonds. The van der Waals surface area contributed by atoms with Crippen molar-refractivity contribution >= 4 is 11.9 Å². The van der Waals surface area contributed by atoms with E-state index >= 15 is 0 Å². The molecule has 1 aromatic carbocycles. The molecule has 0 saturated carbocycles. The molecule has 0 saturated heterocycles. The highest BCUT2D eigenvalue weighted by Gasteiger charge is 2.29. The number of benzene rings is 1. The largest absolute Gasteiger partial charge is 0.464 e. The zero-order valence-electron chi connectivity index (χ0n) is 9.03. The molecule has 1 atom stereocenters. The summed E-state index contributed by atoms with van der Waals surface area (Å²) in [7, 11) is 0. The first kappa shape index (κ1) is 10.7. The maximum Gasteiger partial charge on any atom is 0.328 e. The van der Waals surface area contributed by atoms with Gasteiger partial charge in [0.25, 0.3) is 5.91 Å².